The summed E-state index contributed by atoms with van der Waals surface area (Å²) < 4.78 is 5.49. The van der Waals surface area contributed by atoms with Crippen LogP contribution in [0.1, 0.15) is 65.7 Å². The quantitative estimate of drug-likeness (QED) is 0.386. The van der Waals surface area contributed by atoms with E-state index in [0.717, 1.165) is 58.4 Å². The summed E-state index contributed by atoms with van der Waals surface area (Å²) in [7, 11) is 0. The zero-order valence-electron chi connectivity index (χ0n) is 21.9. The monoisotopic (exact) mass is 490 g/mol. The summed E-state index contributed by atoms with van der Waals surface area (Å²) in [4.78, 5) is 31.0. The largest absolute Gasteiger partial charge is 0.444 e. The van der Waals surface area contributed by atoms with E-state index in [9.17, 15) is 9.59 Å². The van der Waals surface area contributed by atoms with Crippen molar-refractivity contribution < 1.29 is 14.3 Å². The van der Waals surface area contributed by atoms with Crippen molar-refractivity contribution in [1.82, 2.24) is 20.0 Å². The highest BCUT2D eigenvalue weighted by atomic mass is 16.6. The maximum atomic E-state index is 12.3. The van der Waals surface area contributed by atoms with Gasteiger partial charge in [-0.25, -0.2) is 4.79 Å². The van der Waals surface area contributed by atoms with E-state index in [1.165, 1.54) is 19.3 Å². The van der Waals surface area contributed by atoms with Gasteiger partial charge in [-0.3, -0.25) is 9.69 Å². The summed E-state index contributed by atoms with van der Waals surface area (Å²) in [5.74, 6) is 1.07. The minimum absolute atomic E-state index is 0.202. The first-order valence-corrected chi connectivity index (χ1v) is 13.3. The molecular formula is C26H46N6O3. The second kappa shape index (κ2) is 12.5. The fourth-order valence-electron chi connectivity index (χ4n) is 5.05. The number of hydrogen-bond acceptors (Lipinski definition) is 7. The van der Waals surface area contributed by atoms with Crippen LogP contribution in [0, 0.1) is 5.92 Å². The molecule has 5 N–H and O–H groups in total. The lowest BCUT2D eigenvalue weighted by molar-refractivity contribution is -0.118. The fraction of sp³-hybridized carbons (Fsp3) is 0.769. The van der Waals surface area contributed by atoms with Crippen LogP contribution in [0.4, 0.5) is 4.79 Å². The first kappa shape index (κ1) is 27.2. The third-order valence-electron chi connectivity index (χ3n) is 7.16. The molecule has 9 heteroatoms. The molecule has 0 atom stereocenters. The highest BCUT2D eigenvalue weighted by Gasteiger charge is 2.28. The Kier molecular flexibility index (Phi) is 9.71. The van der Waals surface area contributed by atoms with Crippen molar-refractivity contribution in [3.8, 4) is 0 Å². The van der Waals surface area contributed by atoms with Crippen molar-refractivity contribution in [2.45, 2.75) is 77.4 Å². The second-order valence-electron chi connectivity index (χ2n) is 11.2. The lowest BCUT2D eigenvalue weighted by Gasteiger charge is -2.39. The smallest absolute Gasteiger partial charge is 0.410 e. The Hall–Kier alpha value is -2.42. The number of nitrogens with two attached hydrogens (primary N) is 2. The molecule has 2 aliphatic heterocycles. The zero-order chi connectivity index (χ0) is 25.4. The van der Waals surface area contributed by atoms with Gasteiger partial charge in [-0.15, -0.1) is 0 Å². The molecule has 2 heterocycles. The van der Waals surface area contributed by atoms with Crippen LogP contribution in [0.25, 0.3) is 0 Å². The Balaban J connectivity index is 1.37. The van der Waals surface area contributed by atoms with Crippen LogP contribution in [-0.2, 0) is 9.53 Å². The molecule has 3 fully saturated rings. The molecule has 0 bridgehead atoms. The molecule has 0 unspecified atom stereocenters. The van der Waals surface area contributed by atoms with E-state index >= 15 is 0 Å². The highest BCUT2D eigenvalue weighted by Crippen LogP contribution is 2.21. The molecule has 0 aromatic heterocycles. The van der Waals surface area contributed by atoms with Crippen LogP contribution in [0.3, 0.4) is 0 Å². The first-order valence-electron chi connectivity index (χ1n) is 13.3. The number of likely N-dealkylation sites (tertiary alicyclic amines) is 1. The number of piperidine rings is 1. The predicted molar refractivity (Wildman–Crippen MR) is 138 cm³/mol. The van der Waals surface area contributed by atoms with Gasteiger partial charge in [0.1, 0.15) is 5.60 Å². The van der Waals surface area contributed by atoms with Gasteiger partial charge in [-0.1, -0.05) is 19.3 Å². The number of amides is 2. The Labute approximate surface area is 210 Å². The molecule has 3 rings (SSSR count). The van der Waals surface area contributed by atoms with Crippen LogP contribution in [0.5, 0.6) is 0 Å². The molecule has 1 aliphatic carbocycles. The standard InChI is InChI=1S/C26H46N6O3/c1-26(2,3)35-25(34)32-17-15-30(16-18-32)19-20-11-13-31(14-12-20)23(28)10-9-22(27)24(33)29-21-7-5-4-6-8-21/h9-10,20-21H,4-8,11-19,27-28H2,1-3H3,(H,29,33)/b22-9-,23-10+. The number of carbonyl (C=O) groups excluding carboxylic acids is 2. The van der Waals surface area contributed by atoms with Gasteiger partial charge in [-0.2, -0.15) is 0 Å². The normalized spacial score (nSPS) is 22.3. The molecule has 9 nitrogen and oxygen atoms in total. The molecule has 0 radical (unpaired) electrons. The van der Waals surface area contributed by atoms with E-state index in [1.807, 2.05) is 25.7 Å². The molecule has 35 heavy (non-hydrogen) atoms. The van der Waals surface area contributed by atoms with Crippen LogP contribution in [0.15, 0.2) is 23.7 Å². The summed E-state index contributed by atoms with van der Waals surface area (Å²) in [6.07, 6.45) is 11.0. The summed E-state index contributed by atoms with van der Waals surface area (Å²) >= 11 is 0. The van der Waals surface area contributed by atoms with E-state index < -0.39 is 5.60 Å². The summed E-state index contributed by atoms with van der Waals surface area (Å²) in [6, 6.07) is 0.240. The third-order valence-corrected chi connectivity index (χ3v) is 7.16. The van der Waals surface area contributed by atoms with E-state index in [0.29, 0.717) is 24.8 Å². The second-order valence-corrected chi connectivity index (χ2v) is 11.2. The molecule has 2 amide bonds. The number of piperazine rings is 1. The lowest BCUT2D eigenvalue weighted by Crippen LogP contribution is -2.51. The topological polar surface area (TPSA) is 117 Å². The molecule has 2 saturated heterocycles. The third kappa shape index (κ3) is 8.94. The predicted octanol–water partition coefficient (Wildman–Crippen LogP) is 2.34. The number of nitrogens with one attached hydrogen (secondary N) is 1. The Morgan fingerprint density at radius 1 is 0.886 bits per heavy atom. The summed E-state index contributed by atoms with van der Waals surface area (Å²) in [5, 5.41) is 3.04. The van der Waals surface area contributed by atoms with Crippen molar-refractivity contribution in [3.63, 3.8) is 0 Å². The van der Waals surface area contributed by atoms with Crippen molar-refractivity contribution >= 4 is 12.0 Å². The van der Waals surface area contributed by atoms with Gasteiger partial charge in [0.25, 0.3) is 5.91 Å². The average Bonchev–Trinajstić information content (AvgIpc) is 2.82. The minimum atomic E-state index is -0.457. The van der Waals surface area contributed by atoms with Crippen LogP contribution < -0.4 is 16.8 Å². The molecule has 0 aromatic carbocycles. The highest BCUT2D eigenvalue weighted by molar-refractivity contribution is 5.92. The van der Waals surface area contributed by atoms with Crippen LogP contribution in [0.2, 0.25) is 0 Å². The SMILES string of the molecule is CC(C)(C)OC(=O)N1CCN(CC2CCN(/C(N)=C/C=C(\N)C(=O)NC3CCCCC3)CC2)CC1. The molecule has 0 spiro atoms. The average molecular weight is 491 g/mol. The van der Waals surface area contributed by atoms with Crippen molar-refractivity contribution in [2.75, 3.05) is 45.8 Å². The summed E-state index contributed by atoms with van der Waals surface area (Å²) in [6.45, 7) is 11.7. The van der Waals surface area contributed by atoms with E-state index in [1.54, 1.807) is 12.2 Å². The number of nitrogens with zero attached hydrogens (tertiary/aromatic N) is 3. The van der Waals surface area contributed by atoms with Gasteiger partial charge in [0.05, 0.1) is 11.5 Å². The number of carbonyl (C=O) groups is 2. The van der Waals surface area contributed by atoms with Gasteiger partial charge < -0.3 is 31.3 Å². The lowest BCUT2D eigenvalue weighted by atomic mass is 9.95. The maximum absolute atomic E-state index is 12.3. The maximum Gasteiger partial charge on any atom is 0.410 e. The van der Waals surface area contributed by atoms with Crippen molar-refractivity contribution in [3.05, 3.63) is 23.7 Å². The van der Waals surface area contributed by atoms with Crippen LogP contribution >= 0.6 is 0 Å². The van der Waals surface area contributed by atoms with E-state index in [2.05, 4.69) is 15.1 Å². The Morgan fingerprint density at radius 2 is 1.51 bits per heavy atom. The van der Waals surface area contributed by atoms with Gasteiger partial charge in [-0.05, 0) is 64.5 Å². The van der Waals surface area contributed by atoms with Gasteiger partial charge in [0.15, 0.2) is 0 Å². The first-order chi connectivity index (χ1) is 16.6. The van der Waals surface area contributed by atoms with Crippen molar-refractivity contribution in [2.24, 2.45) is 17.4 Å². The molecule has 1 saturated carbocycles. The number of allylic oxidation sites excluding steroid dienone is 2. The number of hydrogen-bond donors (Lipinski definition) is 3. The van der Waals surface area contributed by atoms with Gasteiger partial charge in [0, 0.05) is 51.9 Å². The molecular weight excluding hydrogens is 444 g/mol. The molecule has 0 aromatic rings. The van der Waals surface area contributed by atoms with Gasteiger partial charge >= 0.3 is 6.09 Å². The fourth-order valence-corrected chi connectivity index (χ4v) is 5.05. The van der Waals surface area contributed by atoms with Crippen molar-refractivity contribution in [1.29, 1.82) is 0 Å². The minimum Gasteiger partial charge on any atom is -0.444 e. The summed E-state index contributed by atoms with van der Waals surface area (Å²) in [5.41, 5.74) is 12.0. The Morgan fingerprint density at radius 3 is 2.11 bits per heavy atom. The van der Waals surface area contributed by atoms with E-state index in [-0.39, 0.29) is 23.7 Å². The Bertz CT molecular complexity index is 768. The number of rotatable bonds is 6. The van der Waals surface area contributed by atoms with Crippen LogP contribution in [-0.4, -0.2) is 84.2 Å². The van der Waals surface area contributed by atoms with E-state index in [4.69, 9.17) is 16.2 Å². The molecule has 198 valence electrons. The van der Waals surface area contributed by atoms with Gasteiger partial charge in [0.2, 0.25) is 0 Å². The zero-order valence-corrected chi connectivity index (χ0v) is 21.9. The number of ether oxygens (including phenoxy) is 1. The molecule has 3 aliphatic rings.